The average molecular weight is 1470 g/mol. The van der Waals surface area contributed by atoms with Gasteiger partial charge in [-0.15, -0.1) is 17.8 Å². The number of rotatable bonds is 24. The van der Waals surface area contributed by atoms with E-state index in [4.69, 9.17) is 53.0 Å². The van der Waals surface area contributed by atoms with E-state index in [9.17, 15) is 14.4 Å². The lowest BCUT2D eigenvalue weighted by Crippen LogP contribution is -2.31. The van der Waals surface area contributed by atoms with Crippen molar-refractivity contribution in [1.82, 2.24) is 0 Å². The maximum absolute atomic E-state index is 11.7. The van der Waals surface area contributed by atoms with E-state index in [1.165, 1.54) is 53.2 Å². The van der Waals surface area contributed by atoms with Crippen molar-refractivity contribution >= 4 is 46.4 Å². The maximum atomic E-state index is 11.7. The predicted octanol–water partition coefficient (Wildman–Crippen LogP) is 17.8. The van der Waals surface area contributed by atoms with Crippen LogP contribution in [0.2, 0.25) is 0 Å². The fourth-order valence-corrected chi connectivity index (χ4v) is 13.6. The van der Waals surface area contributed by atoms with Crippen molar-refractivity contribution in [3.63, 3.8) is 0 Å². The van der Waals surface area contributed by atoms with Gasteiger partial charge in [0.2, 0.25) is 0 Å². The summed E-state index contributed by atoms with van der Waals surface area (Å²) in [6, 6.07) is 66.1. The molecule has 0 radical (unpaired) electrons. The van der Waals surface area contributed by atoms with Gasteiger partial charge in [0.25, 0.3) is 0 Å². The Kier molecular flexibility index (Phi) is 29.8. The van der Waals surface area contributed by atoms with Crippen LogP contribution in [0.25, 0.3) is 22.3 Å². The number of carbonyl (C=O) groups excluding carboxylic acids is 2. The minimum absolute atomic E-state index is 0.00675. The molecule has 0 fully saturated rings. The molecule has 14 nitrogen and oxygen atoms in total. The molecule has 0 bridgehead atoms. The first-order valence-corrected chi connectivity index (χ1v) is 36.3. The Morgan fingerprint density at radius 2 is 0.790 bits per heavy atom. The van der Waals surface area contributed by atoms with E-state index >= 15 is 0 Å². The number of ether oxygens (including phenoxy) is 8. The van der Waals surface area contributed by atoms with Crippen LogP contribution in [0.5, 0.6) is 34.5 Å². The third-order valence-corrected chi connectivity index (χ3v) is 18.7. The van der Waals surface area contributed by atoms with Crippen molar-refractivity contribution in [2.75, 3.05) is 34.0 Å². The number of hydrogen-bond donors (Lipinski definition) is 3. The lowest BCUT2D eigenvalue weighted by molar-refractivity contribution is -0.141. The van der Waals surface area contributed by atoms with Crippen molar-refractivity contribution in [3.8, 4) is 92.3 Å². The summed E-state index contributed by atoms with van der Waals surface area (Å²) in [5.41, 5.74) is 15.5. The molecule has 0 saturated heterocycles. The van der Waals surface area contributed by atoms with Crippen molar-refractivity contribution in [2.24, 2.45) is 0 Å². The summed E-state index contributed by atoms with van der Waals surface area (Å²) >= 11 is 3.52. The fourth-order valence-electron chi connectivity index (χ4n) is 13.1. The largest absolute Gasteiger partial charge is 0.494 e. The number of carboxylic acids is 1. The molecule has 16 heteroatoms. The second-order valence-corrected chi connectivity index (χ2v) is 25.9. The highest BCUT2D eigenvalue weighted by atomic mass is 79.9. The molecule has 12 rings (SSSR count). The molecule has 0 aliphatic heterocycles. The predicted molar refractivity (Wildman–Crippen MR) is 416 cm³/mol. The van der Waals surface area contributed by atoms with Gasteiger partial charge in [-0.3, -0.25) is 14.4 Å². The molecule has 3 N–H and O–H groups in total. The molecule has 3 aliphatic rings. The first kappa shape index (κ1) is 78.5. The van der Waals surface area contributed by atoms with Crippen LogP contribution in [0.15, 0.2) is 205 Å². The number of carbonyl (C=O) groups is 3. The molecule has 3 unspecified atom stereocenters. The first-order valence-electron chi connectivity index (χ1n) is 35.6. The number of esters is 2. The van der Waals surface area contributed by atoms with Gasteiger partial charge in [0.15, 0.2) is 0 Å². The SMILES string of the molecule is CC#C[C@H](CC(=O)O)c1ccc(OC2CCc3cc(-c4ccccc4OCC)ccc32)cc1.CC#C[C@H](CC(=O)OC)c1ccc(OC2CCc3cc(-c4ccccc4OCC)ccc32)cc1.CC#C[C@H](CC(=O)OC)c1ccc(OC2CCc3cc(Br)ccc32)cc1.CCOc1ccccc1B(O)O. The molecule has 3 aliphatic carbocycles. The number of aliphatic carboxylic acids is 1. The van der Waals surface area contributed by atoms with Crippen LogP contribution in [-0.4, -0.2) is 74.2 Å². The van der Waals surface area contributed by atoms with Crippen molar-refractivity contribution in [2.45, 2.75) is 135 Å². The number of benzene rings is 9. The van der Waals surface area contributed by atoms with Crippen LogP contribution >= 0.6 is 15.9 Å². The number of aryl methyl sites for hydroxylation is 3. The van der Waals surface area contributed by atoms with Crippen LogP contribution < -0.4 is 33.9 Å². The zero-order valence-corrected chi connectivity index (χ0v) is 62.4. The Morgan fingerprint density at radius 1 is 0.448 bits per heavy atom. The number of methoxy groups -OCH3 is 2. The van der Waals surface area contributed by atoms with Gasteiger partial charge < -0.3 is 53.0 Å². The van der Waals surface area contributed by atoms with Crippen molar-refractivity contribution in [1.29, 1.82) is 0 Å². The third-order valence-electron chi connectivity index (χ3n) is 18.2. The Morgan fingerprint density at radius 3 is 1.15 bits per heavy atom. The highest BCUT2D eigenvalue weighted by Crippen LogP contribution is 2.43. The second kappa shape index (κ2) is 39.8. The monoisotopic (exact) mass is 1470 g/mol. The Balaban J connectivity index is 0.000000170. The number of fused-ring (bicyclic) bond motifs is 3. The van der Waals surface area contributed by atoms with E-state index in [0.717, 1.165) is 105 Å². The van der Waals surface area contributed by atoms with Gasteiger partial charge in [-0.2, -0.15) is 0 Å². The minimum Gasteiger partial charge on any atom is -0.494 e. The summed E-state index contributed by atoms with van der Waals surface area (Å²) in [6.07, 6.45) is 6.44. The number of para-hydroxylation sites is 3. The number of carboxylic acid groups (broad SMARTS) is 1. The van der Waals surface area contributed by atoms with Crippen LogP contribution in [0.4, 0.5) is 0 Å². The van der Waals surface area contributed by atoms with Gasteiger partial charge in [0, 0.05) is 21.1 Å². The summed E-state index contributed by atoms with van der Waals surface area (Å²) in [5.74, 6) is 20.5. The van der Waals surface area contributed by atoms with Gasteiger partial charge in [0.05, 0.1) is 71.1 Å². The maximum Gasteiger partial charge on any atom is 0.492 e. The quantitative estimate of drug-likeness (QED) is 0.0295. The highest BCUT2D eigenvalue weighted by molar-refractivity contribution is 9.10. The normalized spacial score (nSPS) is 14.7. The molecule has 9 aromatic rings. The topological polar surface area (TPSA) is 186 Å². The zero-order valence-electron chi connectivity index (χ0n) is 60.8. The molecule has 6 atom stereocenters. The lowest BCUT2D eigenvalue weighted by Gasteiger charge is -2.17. The molecule has 540 valence electrons. The molecular formula is C89H90BBrO14. The summed E-state index contributed by atoms with van der Waals surface area (Å²) < 4.78 is 46.4. The van der Waals surface area contributed by atoms with Gasteiger partial charge in [-0.25, -0.2) is 0 Å². The smallest absolute Gasteiger partial charge is 0.492 e. The van der Waals surface area contributed by atoms with E-state index in [2.05, 4.69) is 118 Å². The van der Waals surface area contributed by atoms with Crippen molar-refractivity contribution in [3.05, 3.63) is 255 Å². The fraction of sp³-hybridized carbons (Fsp3) is 0.292. The summed E-state index contributed by atoms with van der Waals surface area (Å²) in [5, 5.41) is 27.0. The van der Waals surface area contributed by atoms with Gasteiger partial charge in [-0.1, -0.05) is 167 Å². The Bertz CT molecular complexity index is 4580. The van der Waals surface area contributed by atoms with E-state index in [0.29, 0.717) is 31.0 Å². The van der Waals surface area contributed by atoms with E-state index in [1.807, 2.05) is 130 Å². The second-order valence-electron chi connectivity index (χ2n) is 25.0. The molecule has 0 aromatic heterocycles. The molecule has 105 heavy (non-hydrogen) atoms. The molecule has 0 amide bonds. The van der Waals surface area contributed by atoms with E-state index in [-0.39, 0.29) is 67.3 Å². The summed E-state index contributed by atoms with van der Waals surface area (Å²) in [4.78, 5) is 34.5. The third kappa shape index (κ3) is 22.0. The van der Waals surface area contributed by atoms with E-state index < -0.39 is 13.1 Å². The van der Waals surface area contributed by atoms with E-state index in [1.54, 1.807) is 45.0 Å². The molecular weight excluding hydrogens is 1380 g/mol. The average Bonchev–Trinajstić information content (AvgIpc) is 1.70. The zero-order chi connectivity index (χ0) is 74.6. The van der Waals surface area contributed by atoms with Gasteiger partial charge >= 0.3 is 25.0 Å². The number of hydrogen-bond acceptors (Lipinski definition) is 13. The van der Waals surface area contributed by atoms with Gasteiger partial charge in [0.1, 0.15) is 52.8 Å². The summed E-state index contributed by atoms with van der Waals surface area (Å²) in [7, 11) is 1.33. The molecule has 0 spiro atoms. The van der Waals surface area contributed by atoms with Crippen LogP contribution in [0.3, 0.4) is 0 Å². The van der Waals surface area contributed by atoms with Crippen LogP contribution in [0.1, 0.15) is 166 Å². The Hall–Kier alpha value is -10.7. The number of halogens is 1. The van der Waals surface area contributed by atoms with Crippen LogP contribution in [0, 0.1) is 35.5 Å². The van der Waals surface area contributed by atoms with Crippen LogP contribution in [-0.2, 0) is 43.1 Å². The highest BCUT2D eigenvalue weighted by Gasteiger charge is 2.29. The molecule has 0 saturated carbocycles. The molecule has 9 aromatic carbocycles. The molecule has 0 heterocycles. The standard InChI is InChI=1S/C30H30O4.C29H28O4.C22H21BrO3.C8H11BO3/c1-4-8-22(20-30(31)32-3)21-11-15-25(16-12-21)34-29-18-14-24-19-23(13-17-27(24)29)26-9-6-7-10-28(26)33-5-2;1-3-7-21(19-29(30)31)20-10-14-24(15-11-20)33-28-17-13-23-18-22(12-16-26(23)28)25-8-5-6-9-27(25)32-4-2;1-3-4-16(14-22(24)25-2)15-5-9-19(10-6-15)26-21-12-7-17-13-18(23)8-11-20(17)21;1-2-12-8-6-4-3-5-7(8)9(10)11/h6-7,9-13,15-17,19,22,29H,5,14,18,20H2,1-3H3;5-6,8-12,14-16,18,21,28H,4,13,17,19H2,1-2H3,(H,30,31);5-6,8-11,13,16,21H,7,12,14H2,1-2H3;3-6,10-11H,2H2,1H3/t22-,29?;21-,28?;16-,21?;/m111./s1. The minimum atomic E-state index is -1.47. The summed E-state index contributed by atoms with van der Waals surface area (Å²) in [6.45, 7) is 12.9. The lowest BCUT2D eigenvalue weighted by atomic mass is 9.80. The Labute approximate surface area is 626 Å². The first-order chi connectivity index (χ1) is 51.1. The van der Waals surface area contributed by atoms with Crippen molar-refractivity contribution < 1.29 is 67.4 Å². The van der Waals surface area contributed by atoms with Gasteiger partial charge in [-0.05, 0) is 208 Å².